The van der Waals surface area contributed by atoms with Crippen molar-refractivity contribution in [2.75, 3.05) is 11.9 Å². The van der Waals surface area contributed by atoms with Gasteiger partial charge in [-0.05, 0) is 13.0 Å². The SMILES string of the molecule is CCOC(=O)c1c[nH]c(NC(C)=O)c1. The second kappa shape index (κ2) is 4.45. The van der Waals surface area contributed by atoms with E-state index in [2.05, 4.69) is 10.3 Å². The number of H-pyrrole nitrogens is 1. The lowest BCUT2D eigenvalue weighted by molar-refractivity contribution is -0.114. The minimum absolute atomic E-state index is 0.192. The van der Waals surface area contributed by atoms with Crippen LogP contribution in [0.25, 0.3) is 0 Å². The summed E-state index contributed by atoms with van der Waals surface area (Å²) in [5, 5.41) is 2.52. The van der Waals surface area contributed by atoms with E-state index < -0.39 is 5.97 Å². The molecule has 14 heavy (non-hydrogen) atoms. The summed E-state index contributed by atoms with van der Waals surface area (Å²) in [6.07, 6.45) is 1.49. The van der Waals surface area contributed by atoms with Crippen LogP contribution in [0.15, 0.2) is 12.3 Å². The molecule has 1 heterocycles. The molecule has 1 rings (SSSR count). The number of anilines is 1. The molecule has 1 aromatic rings. The molecule has 1 amide bonds. The summed E-state index contributed by atoms with van der Waals surface area (Å²) < 4.78 is 4.77. The molecule has 0 spiro atoms. The van der Waals surface area contributed by atoms with Crippen molar-refractivity contribution in [3.63, 3.8) is 0 Å². The van der Waals surface area contributed by atoms with Crippen molar-refractivity contribution in [2.24, 2.45) is 0 Å². The van der Waals surface area contributed by atoms with Crippen molar-refractivity contribution in [2.45, 2.75) is 13.8 Å². The molecule has 0 fully saturated rings. The highest BCUT2D eigenvalue weighted by molar-refractivity contribution is 5.93. The molecule has 1 aromatic heterocycles. The first-order valence-electron chi connectivity index (χ1n) is 4.26. The van der Waals surface area contributed by atoms with Gasteiger partial charge in [0, 0.05) is 13.1 Å². The normalized spacial score (nSPS) is 9.57. The van der Waals surface area contributed by atoms with Crippen LogP contribution in [-0.2, 0) is 9.53 Å². The van der Waals surface area contributed by atoms with E-state index in [1.54, 1.807) is 6.92 Å². The van der Waals surface area contributed by atoms with E-state index in [0.717, 1.165) is 0 Å². The summed E-state index contributed by atoms with van der Waals surface area (Å²) in [6.45, 7) is 3.46. The molecule has 0 saturated heterocycles. The number of hydrogen-bond acceptors (Lipinski definition) is 3. The smallest absolute Gasteiger partial charge is 0.339 e. The standard InChI is InChI=1S/C9H12N2O3/c1-3-14-9(13)7-4-8(10-5-7)11-6(2)12/h4-5,10H,3H2,1-2H3,(H,11,12). The maximum absolute atomic E-state index is 11.2. The van der Waals surface area contributed by atoms with Gasteiger partial charge in [-0.2, -0.15) is 0 Å². The molecule has 2 N–H and O–H groups in total. The molecular weight excluding hydrogens is 184 g/mol. The Hall–Kier alpha value is -1.78. The summed E-state index contributed by atoms with van der Waals surface area (Å²) in [7, 11) is 0. The molecule has 0 aliphatic heterocycles. The van der Waals surface area contributed by atoms with E-state index in [-0.39, 0.29) is 5.91 Å². The Morgan fingerprint density at radius 3 is 2.86 bits per heavy atom. The van der Waals surface area contributed by atoms with E-state index in [1.165, 1.54) is 19.2 Å². The van der Waals surface area contributed by atoms with Gasteiger partial charge in [-0.3, -0.25) is 4.79 Å². The molecule has 0 saturated carbocycles. The summed E-state index contributed by atoms with van der Waals surface area (Å²) in [5.41, 5.74) is 0.399. The first-order valence-corrected chi connectivity index (χ1v) is 4.26. The zero-order chi connectivity index (χ0) is 10.6. The second-order valence-electron chi connectivity index (χ2n) is 2.70. The molecule has 5 nitrogen and oxygen atoms in total. The fraction of sp³-hybridized carbons (Fsp3) is 0.333. The van der Waals surface area contributed by atoms with Crippen molar-refractivity contribution < 1.29 is 14.3 Å². The van der Waals surface area contributed by atoms with E-state index >= 15 is 0 Å². The number of amides is 1. The van der Waals surface area contributed by atoms with Crippen molar-refractivity contribution in [3.05, 3.63) is 17.8 Å². The summed E-state index contributed by atoms with van der Waals surface area (Å²) in [6, 6.07) is 1.53. The van der Waals surface area contributed by atoms with Gasteiger partial charge in [0.1, 0.15) is 5.82 Å². The van der Waals surface area contributed by atoms with Crippen LogP contribution in [0.1, 0.15) is 24.2 Å². The van der Waals surface area contributed by atoms with Crippen molar-refractivity contribution >= 4 is 17.7 Å². The molecular formula is C9H12N2O3. The molecule has 76 valence electrons. The molecule has 0 unspecified atom stereocenters. The third kappa shape index (κ3) is 2.62. The van der Waals surface area contributed by atoms with Crippen LogP contribution in [0.2, 0.25) is 0 Å². The van der Waals surface area contributed by atoms with E-state index in [9.17, 15) is 9.59 Å². The number of hydrogen-bond donors (Lipinski definition) is 2. The van der Waals surface area contributed by atoms with Gasteiger partial charge < -0.3 is 15.0 Å². The minimum Gasteiger partial charge on any atom is -0.462 e. The Morgan fingerprint density at radius 1 is 1.57 bits per heavy atom. The number of aromatic amines is 1. The van der Waals surface area contributed by atoms with Gasteiger partial charge >= 0.3 is 5.97 Å². The number of carbonyl (C=O) groups is 2. The topological polar surface area (TPSA) is 71.2 Å². The predicted molar refractivity (Wildman–Crippen MR) is 51.1 cm³/mol. The Balaban J connectivity index is 2.67. The highest BCUT2D eigenvalue weighted by Crippen LogP contribution is 2.09. The van der Waals surface area contributed by atoms with Crippen molar-refractivity contribution in [3.8, 4) is 0 Å². The first kappa shape index (κ1) is 10.3. The van der Waals surface area contributed by atoms with Gasteiger partial charge in [-0.25, -0.2) is 4.79 Å². The van der Waals surface area contributed by atoms with Crippen LogP contribution in [-0.4, -0.2) is 23.5 Å². The van der Waals surface area contributed by atoms with Gasteiger partial charge in [0.05, 0.1) is 12.2 Å². The number of ether oxygens (including phenoxy) is 1. The van der Waals surface area contributed by atoms with Crippen LogP contribution in [0.4, 0.5) is 5.82 Å². The number of carbonyl (C=O) groups excluding carboxylic acids is 2. The Kier molecular flexibility index (Phi) is 3.28. The molecule has 0 aliphatic carbocycles. The average molecular weight is 196 g/mol. The summed E-state index contributed by atoms with van der Waals surface area (Å²) in [4.78, 5) is 24.6. The van der Waals surface area contributed by atoms with Crippen LogP contribution in [0, 0.1) is 0 Å². The quantitative estimate of drug-likeness (QED) is 0.712. The molecule has 0 radical (unpaired) electrons. The fourth-order valence-corrected chi connectivity index (χ4v) is 0.988. The Morgan fingerprint density at radius 2 is 2.29 bits per heavy atom. The average Bonchev–Trinajstić information content (AvgIpc) is 2.52. The van der Waals surface area contributed by atoms with Gasteiger partial charge in [0.2, 0.25) is 5.91 Å². The fourth-order valence-electron chi connectivity index (χ4n) is 0.988. The highest BCUT2D eigenvalue weighted by atomic mass is 16.5. The predicted octanol–water partition coefficient (Wildman–Crippen LogP) is 1.15. The molecule has 0 bridgehead atoms. The van der Waals surface area contributed by atoms with Gasteiger partial charge in [-0.1, -0.05) is 0 Å². The van der Waals surface area contributed by atoms with Crippen LogP contribution >= 0.6 is 0 Å². The summed E-state index contributed by atoms with van der Waals surface area (Å²) in [5.74, 6) is -0.108. The Bertz CT molecular complexity index is 344. The van der Waals surface area contributed by atoms with Crippen molar-refractivity contribution in [1.29, 1.82) is 0 Å². The van der Waals surface area contributed by atoms with E-state index in [4.69, 9.17) is 4.74 Å². The minimum atomic E-state index is -0.402. The lowest BCUT2D eigenvalue weighted by Gasteiger charge is -1.97. The molecule has 0 aliphatic rings. The van der Waals surface area contributed by atoms with E-state index in [1.807, 2.05) is 0 Å². The zero-order valence-corrected chi connectivity index (χ0v) is 8.09. The number of rotatable bonds is 3. The monoisotopic (exact) mass is 196 g/mol. The number of nitrogens with one attached hydrogen (secondary N) is 2. The lowest BCUT2D eigenvalue weighted by Crippen LogP contribution is -2.06. The first-order chi connectivity index (χ1) is 6.63. The van der Waals surface area contributed by atoms with Gasteiger partial charge in [-0.15, -0.1) is 0 Å². The third-order valence-electron chi connectivity index (χ3n) is 1.50. The maximum atomic E-state index is 11.2. The zero-order valence-electron chi connectivity index (χ0n) is 8.09. The molecule has 0 atom stereocenters. The van der Waals surface area contributed by atoms with Crippen molar-refractivity contribution in [1.82, 2.24) is 4.98 Å². The largest absolute Gasteiger partial charge is 0.462 e. The molecule has 0 aromatic carbocycles. The summed E-state index contributed by atoms with van der Waals surface area (Å²) >= 11 is 0. The van der Waals surface area contributed by atoms with Crippen LogP contribution in [0.5, 0.6) is 0 Å². The molecule has 5 heteroatoms. The van der Waals surface area contributed by atoms with Gasteiger partial charge in [0.15, 0.2) is 0 Å². The van der Waals surface area contributed by atoms with E-state index in [0.29, 0.717) is 18.0 Å². The van der Waals surface area contributed by atoms with Crippen LogP contribution < -0.4 is 5.32 Å². The second-order valence-corrected chi connectivity index (χ2v) is 2.70. The number of aromatic nitrogens is 1. The maximum Gasteiger partial charge on any atom is 0.339 e. The Labute approximate surface area is 81.5 Å². The lowest BCUT2D eigenvalue weighted by atomic mass is 10.3. The van der Waals surface area contributed by atoms with Gasteiger partial charge in [0.25, 0.3) is 0 Å². The number of esters is 1. The highest BCUT2D eigenvalue weighted by Gasteiger charge is 2.08. The van der Waals surface area contributed by atoms with Crippen LogP contribution in [0.3, 0.4) is 0 Å². The third-order valence-corrected chi connectivity index (χ3v) is 1.50.